The van der Waals surface area contributed by atoms with Gasteiger partial charge in [0.05, 0.1) is 6.10 Å². The molecular weight excluding hydrogens is 445 g/mol. The highest BCUT2D eigenvalue weighted by molar-refractivity contribution is 5.89. The summed E-state index contributed by atoms with van der Waals surface area (Å²) in [6.07, 6.45) is 5.12. The molecule has 194 valence electrons. The molecule has 3 amide bonds. The van der Waals surface area contributed by atoms with E-state index in [4.69, 9.17) is 0 Å². The van der Waals surface area contributed by atoms with Gasteiger partial charge in [0.15, 0.2) is 0 Å². The van der Waals surface area contributed by atoms with Crippen LogP contribution >= 0.6 is 0 Å². The van der Waals surface area contributed by atoms with Crippen molar-refractivity contribution in [1.82, 2.24) is 10.2 Å². The molecule has 4 rings (SSSR count). The van der Waals surface area contributed by atoms with Gasteiger partial charge in [0.2, 0.25) is 5.91 Å². The monoisotopic (exact) mass is 487 g/mol. The summed E-state index contributed by atoms with van der Waals surface area (Å²) in [5.41, 5.74) is 0.406. The number of piperidine rings is 1. The van der Waals surface area contributed by atoms with E-state index in [-0.39, 0.29) is 47.1 Å². The highest BCUT2D eigenvalue weighted by atomic mass is 19.1. The fourth-order valence-corrected chi connectivity index (χ4v) is 7.10. The molecule has 35 heavy (non-hydrogen) atoms. The molecule has 0 radical (unpaired) electrons. The quantitative estimate of drug-likeness (QED) is 0.557. The molecule has 3 aliphatic rings. The Bertz CT molecular complexity index is 918. The molecule has 1 aromatic rings. The lowest BCUT2D eigenvalue weighted by Gasteiger charge is -2.56. The minimum absolute atomic E-state index is 0.00410. The first-order chi connectivity index (χ1) is 16.6. The molecule has 7 heteroatoms. The summed E-state index contributed by atoms with van der Waals surface area (Å²) in [7, 11) is 0. The Balaban J connectivity index is 1.42. The minimum Gasteiger partial charge on any atom is -0.392 e. The van der Waals surface area contributed by atoms with Crippen LogP contribution in [0, 0.1) is 40.8 Å². The van der Waals surface area contributed by atoms with E-state index < -0.39 is 11.9 Å². The number of aliphatic hydroxyl groups is 1. The number of halogens is 1. The number of likely N-dealkylation sites (tertiary alicyclic amines) is 1. The number of aliphatic hydroxyl groups excluding tert-OH is 1. The summed E-state index contributed by atoms with van der Waals surface area (Å²) in [6.45, 7) is 10.2. The number of nitrogens with one attached hydrogen (secondary N) is 2. The first-order valence-electron chi connectivity index (χ1n) is 13.4. The molecule has 0 spiro atoms. The second kappa shape index (κ2) is 10.5. The number of amides is 3. The van der Waals surface area contributed by atoms with E-state index in [2.05, 4.69) is 31.4 Å². The maximum absolute atomic E-state index is 13.5. The number of nitrogens with zero attached hydrogens (tertiary/aromatic N) is 1. The first-order valence-corrected chi connectivity index (χ1v) is 13.4. The van der Waals surface area contributed by atoms with Gasteiger partial charge in [-0.25, -0.2) is 9.18 Å². The molecule has 2 aliphatic carbocycles. The normalized spacial score (nSPS) is 34.6. The Labute approximate surface area is 209 Å². The third kappa shape index (κ3) is 5.50. The number of carbonyl (C=O) groups excluding carboxylic acids is 2. The van der Waals surface area contributed by atoms with Crippen molar-refractivity contribution in [3.05, 3.63) is 30.1 Å². The van der Waals surface area contributed by atoms with E-state index >= 15 is 0 Å². The molecule has 1 saturated heterocycles. The van der Waals surface area contributed by atoms with E-state index in [1.54, 1.807) is 12.1 Å². The van der Waals surface area contributed by atoms with Gasteiger partial charge in [0.1, 0.15) is 5.82 Å². The van der Waals surface area contributed by atoms with Gasteiger partial charge >= 0.3 is 6.03 Å². The topological polar surface area (TPSA) is 81.7 Å². The van der Waals surface area contributed by atoms with Crippen LogP contribution < -0.4 is 10.6 Å². The van der Waals surface area contributed by atoms with Gasteiger partial charge in [-0.15, -0.1) is 0 Å². The molecule has 1 aromatic carbocycles. The molecule has 3 N–H and O–H groups in total. The van der Waals surface area contributed by atoms with Crippen molar-refractivity contribution < 1.29 is 19.1 Å². The van der Waals surface area contributed by atoms with Crippen LogP contribution in [0.5, 0.6) is 0 Å². The number of hydrogen-bond donors (Lipinski definition) is 3. The fraction of sp³-hybridized carbons (Fsp3) is 0.714. The lowest BCUT2D eigenvalue weighted by Crippen LogP contribution is -2.59. The zero-order valence-electron chi connectivity index (χ0n) is 21.6. The summed E-state index contributed by atoms with van der Waals surface area (Å²) in [5.74, 6) is 0.234. The van der Waals surface area contributed by atoms with E-state index in [1.165, 1.54) is 12.1 Å². The highest BCUT2D eigenvalue weighted by Gasteiger charge is 2.54. The summed E-state index contributed by atoms with van der Waals surface area (Å²) >= 11 is 0. The number of carbonyl (C=O) groups is 2. The summed E-state index contributed by atoms with van der Waals surface area (Å²) in [6, 6.07) is 5.39. The zero-order valence-corrected chi connectivity index (χ0v) is 21.6. The van der Waals surface area contributed by atoms with Crippen molar-refractivity contribution in [1.29, 1.82) is 0 Å². The number of rotatable bonds is 4. The van der Waals surface area contributed by atoms with Crippen molar-refractivity contribution in [2.45, 2.75) is 78.4 Å². The zero-order chi connectivity index (χ0) is 25.3. The minimum atomic E-state index is -0.581. The van der Waals surface area contributed by atoms with Crippen molar-refractivity contribution in [3.63, 3.8) is 0 Å². The number of fused-ring (bicyclic) bond motifs is 1. The SMILES string of the molecule is CC1CCN(C(=O)[C@@H](C)[C@H]2CC[C@]3(C)CC[C@H](NC(=O)Nc4cccc(F)c4)[C@H](C)[C@@H]3[C@H]2O)CC1. The smallest absolute Gasteiger partial charge is 0.319 e. The Morgan fingerprint density at radius 2 is 1.83 bits per heavy atom. The second-order valence-corrected chi connectivity index (χ2v) is 11.8. The number of hydrogen-bond acceptors (Lipinski definition) is 3. The van der Waals surface area contributed by atoms with Crippen LogP contribution in [0.4, 0.5) is 14.9 Å². The van der Waals surface area contributed by atoms with E-state index in [0.29, 0.717) is 11.6 Å². The van der Waals surface area contributed by atoms with Crippen LogP contribution in [-0.2, 0) is 4.79 Å². The molecule has 1 heterocycles. The Morgan fingerprint density at radius 3 is 2.51 bits per heavy atom. The first kappa shape index (κ1) is 25.9. The molecule has 3 fully saturated rings. The van der Waals surface area contributed by atoms with Crippen LogP contribution in [0.1, 0.15) is 66.2 Å². The second-order valence-electron chi connectivity index (χ2n) is 11.8. The average molecular weight is 488 g/mol. The third-order valence-corrected chi connectivity index (χ3v) is 9.41. The van der Waals surface area contributed by atoms with Gasteiger partial charge < -0.3 is 20.6 Å². The standard InChI is InChI=1S/C28H42FN3O3/c1-17-10-14-32(15-11-17)26(34)18(2)22-8-12-28(4)13-9-23(19(3)24(28)25(22)33)31-27(35)30-21-7-5-6-20(29)16-21/h5-7,16-19,22-25,33H,8-15H2,1-4H3,(H2,30,31,35)/t18-,19-,22+,23-,24+,25-,28+/m0/s1. The van der Waals surface area contributed by atoms with Crippen molar-refractivity contribution >= 4 is 17.6 Å². The fourth-order valence-electron chi connectivity index (χ4n) is 7.10. The van der Waals surface area contributed by atoms with Gasteiger partial charge in [-0.2, -0.15) is 0 Å². The summed E-state index contributed by atoms with van der Waals surface area (Å²) in [5, 5.41) is 17.4. The lowest BCUT2D eigenvalue weighted by atomic mass is 9.51. The molecule has 2 saturated carbocycles. The predicted molar refractivity (Wildman–Crippen MR) is 135 cm³/mol. The van der Waals surface area contributed by atoms with Crippen LogP contribution in [0.25, 0.3) is 0 Å². The Hall–Kier alpha value is -2.15. The molecule has 0 bridgehead atoms. The predicted octanol–water partition coefficient (Wildman–Crippen LogP) is 5.03. The number of anilines is 1. The molecular formula is C28H42FN3O3. The molecule has 1 aliphatic heterocycles. The molecule has 0 aromatic heterocycles. The van der Waals surface area contributed by atoms with Gasteiger partial charge in [0.25, 0.3) is 0 Å². The highest BCUT2D eigenvalue weighted by Crippen LogP contribution is 2.55. The van der Waals surface area contributed by atoms with Gasteiger partial charge in [-0.05, 0) is 85.8 Å². The van der Waals surface area contributed by atoms with E-state index in [0.717, 1.165) is 51.6 Å². The third-order valence-electron chi connectivity index (χ3n) is 9.41. The summed E-state index contributed by atoms with van der Waals surface area (Å²) in [4.78, 5) is 28.0. The maximum atomic E-state index is 13.5. The largest absolute Gasteiger partial charge is 0.392 e. The molecule has 0 unspecified atom stereocenters. The molecule has 6 nitrogen and oxygen atoms in total. The van der Waals surface area contributed by atoms with Crippen molar-refractivity contribution in [3.8, 4) is 0 Å². The van der Waals surface area contributed by atoms with Crippen molar-refractivity contribution in [2.75, 3.05) is 18.4 Å². The number of benzene rings is 1. The van der Waals surface area contributed by atoms with Crippen molar-refractivity contribution in [2.24, 2.45) is 35.0 Å². The average Bonchev–Trinajstić information content (AvgIpc) is 2.81. The van der Waals surface area contributed by atoms with Crippen LogP contribution in [-0.4, -0.2) is 47.2 Å². The lowest BCUT2D eigenvalue weighted by molar-refractivity contribution is -0.151. The Kier molecular flexibility index (Phi) is 7.74. The Morgan fingerprint density at radius 1 is 1.14 bits per heavy atom. The van der Waals surface area contributed by atoms with Crippen LogP contribution in [0.2, 0.25) is 0 Å². The molecule has 7 atom stereocenters. The summed E-state index contributed by atoms with van der Waals surface area (Å²) < 4.78 is 13.5. The maximum Gasteiger partial charge on any atom is 0.319 e. The van der Waals surface area contributed by atoms with Gasteiger partial charge in [-0.3, -0.25) is 4.79 Å². The van der Waals surface area contributed by atoms with Gasteiger partial charge in [-0.1, -0.05) is 33.8 Å². The van der Waals surface area contributed by atoms with Crippen LogP contribution in [0.3, 0.4) is 0 Å². The van der Waals surface area contributed by atoms with E-state index in [1.807, 2.05) is 11.8 Å². The van der Waals surface area contributed by atoms with E-state index in [9.17, 15) is 19.1 Å². The number of urea groups is 1. The van der Waals surface area contributed by atoms with Gasteiger partial charge in [0, 0.05) is 30.7 Å². The van der Waals surface area contributed by atoms with Crippen LogP contribution in [0.15, 0.2) is 24.3 Å².